The van der Waals surface area contributed by atoms with Gasteiger partial charge in [-0.05, 0) is 20.4 Å². The average molecular weight is 251 g/mol. The van der Waals surface area contributed by atoms with E-state index in [-0.39, 0.29) is 11.0 Å². The van der Waals surface area contributed by atoms with Crippen LogP contribution in [0.15, 0.2) is 0 Å². The van der Waals surface area contributed by atoms with Crippen molar-refractivity contribution < 1.29 is 14.2 Å². The first-order valence-corrected chi connectivity index (χ1v) is 6.23. The second kappa shape index (κ2) is 9.24. The average Bonchev–Trinajstić information content (AvgIpc) is 2.24. The van der Waals surface area contributed by atoms with Gasteiger partial charge in [-0.1, -0.05) is 6.92 Å². The quantitative estimate of drug-likeness (QED) is 0.454. The highest BCUT2D eigenvalue weighted by Gasteiger charge is 2.30. The third-order valence-electron chi connectivity index (χ3n) is 2.16. The van der Waals surface area contributed by atoms with Crippen LogP contribution in [0.2, 0.25) is 0 Å². The monoisotopic (exact) mass is 251 g/mol. The fourth-order valence-electron chi connectivity index (χ4n) is 1.51. The van der Waals surface area contributed by atoms with Crippen molar-refractivity contribution in [2.75, 3.05) is 40.1 Å². The van der Waals surface area contributed by atoms with Gasteiger partial charge in [0.15, 0.2) is 0 Å². The Hall–Kier alpha value is 0.190. The molecule has 0 bridgehead atoms. The summed E-state index contributed by atoms with van der Waals surface area (Å²) in [5.41, 5.74) is -0.368. The van der Waals surface area contributed by atoms with Gasteiger partial charge in [0.1, 0.15) is 0 Å². The number of rotatable bonds is 10. The highest BCUT2D eigenvalue weighted by Crippen LogP contribution is 2.10. The van der Waals surface area contributed by atoms with E-state index in [2.05, 4.69) is 24.9 Å². The van der Waals surface area contributed by atoms with Crippen molar-refractivity contribution in [1.82, 2.24) is 5.32 Å². The molecule has 0 aromatic carbocycles. The van der Waals surface area contributed by atoms with Crippen molar-refractivity contribution in [3.8, 4) is 0 Å². The molecule has 0 amide bonds. The van der Waals surface area contributed by atoms with Gasteiger partial charge in [0.2, 0.25) is 0 Å². The number of hydrogen-bond acceptors (Lipinski definition) is 5. The molecule has 0 aromatic rings. The van der Waals surface area contributed by atoms with E-state index in [4.69, 9.17) is 14.2 Å². The lowest BCUT2D eigenvalue weighted by Gasteiger charge is -2.34. The molecule has 0 spiro atoms. The zero-order chi connectivity index (χ0) is 12.4. The number of methoxy groups -OCH3 is 1. The number of likely N-dealkylation sites (N-methyl/N-ethyl adjacent to an activating group) is 1. The lowest BCUT2D eigenvalue weighted by atomic mass is 10.0. The van der Waals surface area contributed by atoms with E-state index in [1.165, 1.54) is 0 Å². The van der Waals surface area contributed by atoms with E-state index < -0.39 is 0 Å². The molecule has 98 valence electrons. The van der Waals surface area contributed by atoms with Crippen LogP contribution in [-0.4, -0.2) is 51.1 Å². The van der Waals surface area contributed by atoms with Gasteiger partial charge in [-0.15, -0.1) is 12.6 Å². The predicted octanol–water partition coefficient (Wildman–Crippen LogP) is 1.31. The van der Waals surface area contributed by atoms with Gasteiger partial charge in [0, 0.05) is 13.7 Å². The maximum Gasteiger partial charge on any atom is 0.0972 e. The van der Waals surface area contributed by atoms with Gasteiger partial charge in [0.25, 0.3) is 0 Å². The number of ether oxygens (including phenoxy) is 3. The Labute approximate surface area is 104 Å². The first kappa shape index (κ1) is 16.2. The molecule has 4 nitrogen and oxygen atoms in total. The molecule has 0 aromatic heterocycles. The van der Waals surface area contributed by atoms with Gasteiger partial charge in [-0.2, -0.15) is 0 Å². The third kappa shape index (κ3) is 6.70. The Morgan fingerprint density at radius 1 is 1.25 bits per heavy atom. The molecule has 0 aliphatic heterocycles. The summed E-state index contributed by atoms with van der Waals surface area (Å²) >= 11 is 4.21. The summed E-state index contributed by atoms with van der Waals surface area (Å²) in [6.07, 6.45) is 0. The summed E-state index contributed by atoms with van der Waals surface area (Å²) in [5, 5.41) is 3.38. The fraction of sp³-hybridized carbons (Fsp3) is 1.00. The summed E-state index contributed by atoms with van der Waals surface area (Å²) in [6, 6.07) is 0. The first-order valence-electron chi connectivity index (χ1n) is 5.71. The van der Waals surface area contributed by atoms with Crippen LogP contribution in [0, 0.1) is 0 Å². The minimum Gasteiger partial charge on any atom is -0.383 e. The molecular formula is C11H25NO3S. The van der Waals surface area contributed by atoms with Crippen molar-refractivity contribution in [2.24, 2.45) is 0 Å². The minimum atomic E-state index is -0.281. The molecule has 5 heteroatoms. The van der Waals surface area contributed by atoms with Crippen LogP contribution >= 0.6 is 12.6 Å². The molecule has 2 unspecified atom stereocenters. The van der Waals surface area contributed by atoms with Crippen molar-refractivity contribution in [1.29, 1.82) is 0 Å². The van der Waals surface area contributed by atoms with Crippen LogP contribution in [0.25, 0.3) is 0 Å². The maximum atomic E-state index is 5.55. The van der Waals surface area contributed by atoms with Crippen LogP contribution in [0.1, 0.15) is 20.8 Å². The largest absolute Gasteiger partial charge is 0.383 e. The predicted molar refractivity (Wildman–Crippen MR) is 69.2 cm³/mol. The van der Waals surface area contributed by atoms with E-state index >= 15 is 0 Å². The second-order valence-electron chi connectivity index (χ2n) is 3.79. The molecule has 0 saturated heterocycles. The Morgan fingerprint density at radius 2 is 1.94 bits per heavy atom. The number of thiol groups is 1. The Balaban J connectivity index is 4.36. The summed E-state index contributed by atoms with van der Waals surface area (Å²) in [5.74, 6) is 0. The lowest BCUT2D eigenvalue weighted by Crippen LogP contribution is -2.56. The van der Waals surface area contributed by atoms with E-state index in [9.17, 15) is 0 Å². The lowest BCUT2D eigenvalue weighted by molar-refractivity contribution is -0.0297. The molecule has 2 atom stereocenters. The molecule has 0 radical (unpaired) electrons. The van der Waals surface area contributed by atoms with E-state index in [1.54, 1.807) is 7.11 Å². The molecule has 16 heavy (non-hydrogen) atoms. The molecule has 0 saturated carbocycles. The zero-order valence-corrected chi connectivity index (χ0v) is 11.7. The zero-order valence-electron chi connectivity index (χ0n) is 10.8. The van der Waals surface area contributed by atoms with Gasteiger partial charge < -0.3 is 19.5 Å². The Bertz CT molecular complexity index is 161. The van der Waals surface area contributed by atoms with E-state index in [0.717, 1.165) is 6.54 Å². The highest BCUT2D eigenvalue weighted by molar-refractivity contribution is 7.80. The summed E-state index contributed by atoms with van der Waals surface area (Å²) in [7, 11) is 1.68. The molecular weight excluding hydrogens is 226 g/mol. The van der Waals surface area contributed by atoms with Crippen molar-refractivity contribution in [2.45, 2.75) is 31.7 Å². The number of hydrogen-bond donors (Lipinski definition) is 2. The second-order valence-corrected chi connectivity index (χ2v) is 4.52. The van der Waals surface area contributed by atoms with Gasteiger partial charge in [-0.25, -0.2) is 0 Å². The van der Waals surface area contributed by atoms with Crippen LogP contribution in [0.3, 0.4) is 0 Å². The van der Waals surface area contributed by atoms with Crippen molar-refractivity contribution in [3.63, 3.8) is 0 Å². The van der Waals surface area contributed by atoms with E-state index in [1.807, 2.05) is 13.8 Å². The SMILES string of the molecule is CCNC(COC)(COCC)COC(C)S. The van der Waals surface area contributed by atoms with Gasteiger partial charge in [0.05, 0.1) is 30.8 Å². The van der Waals surface area contributed by atoms with Crippen LogP contribution in [0.5, 0.6) is 0 Å². The van der Waals surface area contributed by atoms with Gasteiger partial charge in [-0.3, -0.25) is 0 Å². The molecule has 0 rings (SSSR count). The Morgan fingerprint density at radius 3 is 2.38 bits per heavy atom. The molecule has 0 aliphatic carbocycles. The molecule has 0 heterocycles. The highest BCUT2D eigenvalue weighted by atomic mass is 32.1. The van der Waals surface area contributed by atoms with E-state index in [0.29, 0.717) is 26.4 Å². The van der Waals surface area contributed by atoms with Crippen molar-refractivity contribution >= 4 is 12.6 Å². The summed E-state index contributed by atoms with van der Waals surface area (Å²) in [6.45, 7) is 9.12. The first-order chi connectivity index (χ1) is 7.60. The van der Waals surface area contributed by atoms with Crippen LogP contribution in [0.4, 0.5) is 0 Å². The molecule has 0 aliphatic rings. The van der Waals surface area contributed by atoms with Crippen molar-refractivity contribution in [3.05, 3.63) is 0 Å². The maximum absolute atomic E-state index is 5.55. The molecule has 0 fully saturated rings. The summed E-state index contributed by atoms with van der Waals surface area (Å²) in [4.78, 5) is 0. The standard InChI is InChI=1S/C11H25NO3S/c1-5-12-11(7-13-4,8-14-6-2)9-15-10(3)16/h10,12,16H,5-9H2,1-4H3. The van der Waals surface area contributed by atoms with Crippen LogP contribution < -0.4 is 5.32 Å². The molecule has 1 N–H and O–H groups in total. The summed E-state index contributed by atoms with van der Waals surface area (Å²) < 4.78 is 16.3. The minimum absolute atomic E-state index is 0.0866. The Kier molecular flexibility index (Phi) is 9.35. The van der Waals surface area contributed by atoms with Gasteiger partial charge >= 0.3 is 0 Å². The smallest absolute Gasteiger partial charge is 0.0972 e. The number of nitrogens with one attached hydrogen (secondary N) is 1. The fourth-order valence-corrected chi connectivity index (χ4v) is 1.58. The van der Waals surface area contributed by atoms with Crippen LogP contribution in [-0.2, 0) is 14.2 Å². The normalized spacial score (nSPS) is 17.1. The third-order valence-corrected chi connectivity index (χ3v) is 2.30. The topological polar surface area (TPSA) is 39.7 Å².